The van der Waals surface area contributed by atoms with Gasteiger partial charge in [-0.25, -0.2) is 4.79 Å². The number of imide groups is 1. The molecule has 74 heavy (non-hydrogen) atoms. The molecule has 0 spiro atoms. The number of rotatable bonds is 32. The van der Waals surface area contributed by atoms with Crippen molar-refractivity contribution in [3.63, 3.8) is 0 Å². The number of hydrogen-bond donors (Lipinski definition) is 5. The summed E-state index contributed by atoms with van der Waals surface area (Å²) in [4.78, 5) is 123. The van der Waals surface area contributed by atoms with Crippen molar-refractivity contribution in [3.05, 3.63) is 12.2 Å². The molecule has 3 saturated heterocycles. The topological polar surface area (TPSA) is 281 Å². The average Bonchev–Trinajstić information content (AvgIpc) is 4.11. The summed E-state index contributed by atoms with van der Waals surface area (Å²) in [5.41, 5.74) is 0. The number of amides is 9. The Kier molecular flexibility index (Phi) is 25.5. The summed E-state index contributed by atoms with van der Waals surface area (Å²) in [7, 11) is 2.84. The van der Waals surface area contributed by atoms with Crippen LogP contribution in [-0.4, -0.2) is 224 Å². The number of urea groups is 1. The Bertz CT molecular complexity index is 1960. The third kappa shape index (κ3) is 18.4. The van der Waals surface area contributed by atoms with Gasteiger partial charge in [0.2, 0.25) is 29.5 Å². The first-order chi connectivity index (χ1) is 35.1. The number of aliphatic hydroxyl groups is 1. The minimum atomic E-state index is -1.51. The fraction of sp³-hybridized carbons (Fsp3) is 0.780. The number of esters is 1. The zero-order chi connectivity index (χ0) is 54.6. The summed E-state index contributed by atoms with van der Waals surface area (Å²) >= 11 is 1.87. The quantitative estimate of drug-likeness (QED) is 0.0263. The third-order valence-electron chi connectivity index (χ3n) is 13.4. The maximum atomic E-state index is 14.5. The highest BCUT2D eigenvalue weighted by Gasteiger charge is 2.48. The summed E-state index contributed by atoms with van der Waals surface area (Å²) in [6, 6.07) is -5.20. The minimum Gasteiger partial charge on any atom is -0.460 e. The zero-order valence-corrected chi connectivity index (χ0v) is 45.5. The molecule has 2 unspecified atom stereocenters. The maximum absolute atomic E-state index is 14.5. The molecule has 0 aromatic heterocycles. The number of ether oxygens (including phenoxy) is 5. The van der Waals surface area contributed by atoms with Gasteiger partial charge >= 0.3 is 12.0 Å². The molecule has 418 valence electrons. The molecule has 0 aliphatic carbocycles. The number of thioether (sulfide) groups is 1. The molecule has 0 radical (unpaired) electrons. The van der Waals surface area contributed by atoms with E-state index >= 15 is 0 Å². The van der Waals surface area contributed by atoms with Crippen molar-refractivity contribution < 1.29 is 71.9 Å². The molecule has 24 heteroatoms. The molecular formula is C50H82N8O15S. The molecule has 4 aliphatic rings. The SMILES string of the molecule is CC(=O)OC(C)[C@H](NC(=O)[C@H](CC(C)C)N(C)C(=O)CCOCCOCCOCCOCCNC(=O)CCCC[C@@H]1SC[C@@H]2NC(=O)N[C@@H]21)C(=O)N(C)[C@H](C(=O)N1C[C@@H](O)C[C@@H]1C(=O)N1C(=O)C=CC1C)C(C)C. The summed E-state index contributed by atoms with van der Waals surface area (Å²) in [5, 5.41) is 22.5. The van der Waals surface area contributed by atoms with Crippen LogP contribution in [0.2, 0.25) is 0 Å². The number of nitrogens with one attached hydrogen (secondary N) is 4. The number of unbranched alkanes of at least 4 members (excludes halogenated alkanes) is 1. The highest BCUT2D eigenvalue weighted by Crippen LogP contribution is 2.33. The minimum absolute atomic E-state index is 0.0124. The van der Waals surface area contributed by atoms with E-state index in [1.165, 1.54) is 36.9 Å². The number of likely N-dealkylation sites (tertiary alicyclic amines) is 1. The number of nitrogens with zero attached hydrogens (tertiary/aromatic N) is 4. The van der Waals surface area contributed by atoms with Crippen LogP contribution >= 0.6 is 11.8 Å². The van der Waals surface area contributed by atoms with Crippen LogP contribution in [0.1, 0.15) is 93.4 Å². The molecule has 9 amide bonds. The van der Waals surface area contributed by atoms with E-state index in [1.807, 2.05) is 25.6 Å². The first-order valence-corrected chi connectivity index (χ1v) is 27.0. The molecule has 0 bridgehead atoms. The second kappa shape index (κ2) is 30.6. The van der Waals surface area contributed by atoms with Crippen molar-refractivity contribution in [2.45, 2.75) is 153 Å². The van der Waals surface area contributed by atoms with Gasteiger partial charge in [-0.15, -0.1) is 0 Å². The Hall–Kier alpha value is -4.88. The Morgan fingerprint density at radius 1 is 0.865 bits per heavy atom. The molecule has 0 aromatic carbocycles. The fourth-order valence-electron chi connectivity index (χ4n) is 9.52. The lowest BCUT2D eigenvalue weighted by Crippen LogP contribution is -2.62. The number of carbonyl (C=O) groups is 9. The Morgan fingerprint density at radius 2 is 1.50 bits per heavy atom. The summed E-state index contributed by atoms with van der Waals surface area (Å²) in [6.45, 7) is 13.8. The standard InChI is InChI=1S/C50H82N8O15S/c1-30(2)26-37(55(8)41(62)16-18-69-20-22-71-24-25-72-23-21-70-19-17-51-40(61)13-11-10-12-39-44-36(29-74-39)52-50(68)54-44)46(64)53-43(33(6)73-34(7)59)48(66)56(9)45(31(3)4)49(67)57-28-35(60)27-38(57)47(65)58-32(5)14-15-42(58)63/h14-15,30-33,35-39,43-45,60H,10-13,16-29H2,1-9H3,(H,51,61)(H,53,64)(H2,52,54,68)/t32?,33?,35-,36-,37-,38+,39-,43-,44-,45-/m0/s1. The van der Waals surface area contributed by atoms with E-state index in [4.69, 9.17) is 23.7 Å². The smallest absolute Gasteiger partial charge is 0.315 e. The second-order valence-electron chi connectivity index (χ2n) is 20.0. The normalized spacial score (nSPS) is 22.8. The van der Waals surface area contributed by atoms with Crippen LogP contribution in [0.3, 0.4) is 0 Å². The van der Waals surface area contributed by atoms with E-state index in [0.29, 0.717) is 51.2 Å². The van der Waals surface area contributed by atoms with Crippen LogP contribution in [0.15, 0.2) is 12.2 Å². The second-order valence-corrected chi connectivity index (χ2v) is 21.3. The first kappa shape index (κ1) is 61.7. The van der Waals surface area contributed by atoms with Gasteiger partial charge in [0, 0.05) is 64.0 Å². The van der Waals surface area contributed by atoms with Crippen LogP contribution in [0, 0.1) is 11.8 Å². The van der Waals surface area contributed by atoms with Crippen LogP contribution in [0.5, 0.6) is 0 Å². The predicted molar refractivity (Wildman–Crippen MR) is 272 cm³/mol. The summed E-state index contributed by atoms with van der Waals surface area (Å²) in [5.74, 6) is -4.15. The molecule has 3 fully saturated rings. The van der Waals surface area contributed by atoms with Crippen molar-refractivity contribution in [3.8, 4) is 0 Å². The largest absolute Gasteiger partial charge is 0.460 e. The lowest BCUT2D eigenvalue weighted by atomic mass is 9.98. The third-order valence-corrected chi connectivity index (χ3v) is 14.9. The van der Waals surface area contributed by atoms with Crippen LogP contribution in [0.25, 0.3) is 0 Å². The van der Waals surface area contributed by atoms with Crippen molar-refractivity contribution in [1.82, 2.24) is 40.9 Å². The van der Waals surface area contributed by atoms with Gasteiger partial charge in [-0.05, 0) is 44.9 Å². The van der Waals surface area contributed by atoms with Crippen LogP contribution in [-0.2, 0) is 62.0 Å². The fourth-order valence-corrected chi connectivity index (χ4v) is 11.1. The molecule has 5 N–H and O–H groups in total. The number of fused-ring (bicyclic) bond motifs is 1. The summed E-state index contributed by atoms with van der Waals surface area (Å²) < 4.78 is 27.7. The van der Waals surface area contributed by atoms with Crippen molar-refractivity contribution in [2.24, 2.45) is 11.8 Å². The molecule has 4 aliphatic heterocycles. The average molecular weight is 1070 g/mol. The molecule has 23 nitrogen and oxygen atoms in total. The van der Waals surface area contributed by atoms with Crippen molar-refractivity contribution >= 4 is 65.1 Å². The molecular weight excluding hydrogens is 985 g/mol. The highest BCUT2D eigenvalue weighted by atomic mass is 32.2. The van der Waals surface area contributed by atoms with E-state index < -0.39 is 89.7 Å². The number of hydrogen-bond acceptors (Lipinski definition) is 16. The lowest BCUT2D eigenvalue weighted by molar-refractivity contribution is -0.157. The summed E-state index contributed by atoms with van der Waals surface area (Å²) in [6.07, 6.45) is 3.73. The molecule has 4 heterocycles. The van der Waals surface area contributed by atoms with E-state index in [1.54, 1.807) is 26.8 Å². The van der Waals surface area contributed by atoms with Gasteiger partial charge in [0.05, 0.1) is 83.5 Å². The molecule has 0 saturated carbocycles. The molecule has 4 rings (SSSR count). The monoisotopic (exact) mass is 1070 g/mol. The van der Waals surface area contributed by atoms with E-state index in [2.05, 4.69) is 21.3 Å². The Balaban J connectivity index is 1.15. The van der Waals surface area contributed by atoms with E-state index in [9.17, 15) is 48.3 Å². The van der Waals surface area contributed by atoms with Gasteiger partial charge in [0.1, 0.15) is 30.3 Å². The van der Waals surface area contributed by atoms with E-state index in [-0.39, 0.29) is 75.6 Å². The number of likely N-dealkylation sites (N-methyl/N-ethyl adjacent to an activating group) is 2. The van der Waals surface area contributed by atoms with Gasteiger partial charge in [-0.1, -0.05) is 40.2 Å². The lowest BCUT2D eigenvalue weighted by Gasteiger charge is -2.38. The van der Waals surface area contributed by atoms with Crippen molar-refractivity contribution in [1.29, 1.82) is 0 Å². The Morgan fingerprint density at radius 3 is 2.09 bits per heavy atom. The first-order valence-electron chi connectivity index (χ1n) is 25.9. The number of carbonyl (C=O) groups excluding carboxylic acids is 9. The van der Waals surface area contributed by atoms with Gasteiger partial charge in [-0.3, -0.25) is 43.3 Å². The van der Waals surface area contributed by atoms with Crippen molar-refractivity contribution in [2.75, 3.05) is 85.8 Å². The van der Waals surface area contributed by atoms with Gasteiger partial charge in [0.15, 0.2) is 0 Å². The van der Waals surface area contributed by atoms with Gasteiger partial charge in [0.25, 0.3) is 11.8 Å². The molecule has 0 aromatic rings. The number of aliphatic hydroxyl groups excluding tert-OH is 1. The number of β-amino-alcohol motifs (C(OH)–C–C–N with tert-alkyl or cyclic N) is 1. The zero-order valence-electron chi connectivity index (χ0n) is 44.7. The highest BCUT2D eigenvalue weighted by molar-refractivity contribution is 8.00. The van der Waals surface area contributed by atoms with Gasteiger partial charge < -0.3 is 64.8 Å². The van der Waals surface area contributed by atoms with E-state index in [0.717, 1.165) is 41.7 Å². The Labute approximate surface area is 439 Å². The van der Waals surface area contributed by atoms with Crippen LogP contribution < -0.4 is 21.3 Å². The van der Waals surface area contributed by atoms with Gasteiger partial charge in [-0.2, -0.15) is 11.8 Å². The maximum Gasteiger partial charge on any atom is 0.315 e. The predicted octanol–water partition coefficient (Wildman–Crippen LogP) is 0.353. The van der Waals surface area contributed by atoms with Crippen LogP contribution in [0.4, 0.5) is 4.79 Å². The molecule has 10 atom stereocenters.